The van der Waals surface area contributed by atoms with Gasteiger partial charge in [-0.25, -0.2) is 0 Å². The molecule has 1 aromatic rings. The molecule has 1 heterocycles. The summed E-state index contributed by atoms with van der Waals surface area (Å²) in [7, 11) is 0. The molecular weight excluding hydrogens is 224 g/mol. The first kappa shape index (κ1) is 13.2. The maximum Gasteiger partial charge on any atom is 0.129 e. The molecule has 0 unspecified atom stereocenters. The van der Waals surface area contributed by atoms with Crippen molar-refractivity contribution in [1.29, 1.82) is 0 Å². The monoisotopic (exact) mass is 247 g/mol. The second-order valence-corrected chi connectivity index (χ2v) is 5.00. The van der Waals surface area contributed by atoms with Crippen molar-refractivity contribution in [2.24, 2.45) is 0 Å². The lowest BCUT2D eigenvalue weighted by Crippen LogP contribution is -2.46. The van der Waals surface area contributed by atoms with E-state index in [0.29, 0.717) is 0 Å². The molecule has 0 N–H and O–H groups in total. The molecule has 2 rings (SSSR count). The minimum atomic E-state index is 0.202. The Bertz CT molecular complexity index is 371. The molecule has 18 heavy (non-hydrogen) atoms. The van der Waals surface area contributed by atoms with Crippen LogP contribution in [-0.4, -0.2) is 43.7 Å². The summed E-state index contributed by atoms with van der Waals surface area (Å²) in [4.78, 5) is 4.91. The molecule has 0 bridgehead atoms. The lowest BCUT2D eigenvalue weighted by Gasteiger charge is -2.35. The summed E-state index contributed by atoms with van der Waals surface area (Å²) in [6.45, 7) is 11.9. The Morgan fingerprint density at radius 2 is 2.00 bits per heavy atom. The van der Waals surface area contributed by atoms with Gasteiger partial charge < -0.3 is 14.5 Å². The van der Waals surface area contributed by atoms with Crippen LogP contribution in [0.15, 0.2) is 18.2 Å². The van der Waals surface area contributed by atoms with E-state index in [1.165, 1.54) is 5.69 Å². The molecule has 3 nitrogen and oxygen atoms in total. The third-order valence-electron chi connectivity index (χ3n) is 3.31. The van der Waals surface area contributed by atoms with Gasteiger partial charge in [-0.2, -0.15) is 0 Å². The summed E-state index contributed by atoms with van der Waals surface area (Å²) in [5.74, 6) is 0.848. The number of ether oxygens (including phenoxy) is 1. The van der Waals surface area contributed by atoms with Crippen molar-refractivity contribution in [3.05, 3.63) is 24.3 Å². The zero-order valence-corrected chi connectivity index (χ0v) is 11.6. The van der Waals surface area contributed by atoms with Crippen LogP contribution in [0.25, 0.3) is 0 Å². The third-order valence-corrected chi connectivity index (χ3v) is 3.31. The van der Waals surface area contributed by atoms with Gasteiger partial charge in [0.15, 0.2) is 0 Å². The highest BCUT2D eigenvalue weighted by molar-refractivity contribution is 5.50. The molecule has 1 aliphatic rings. The number of rotatable bonds is 4. The lowest BCUT2D eigenvalue weighted by atomic mass is 10.2. The van der Waals surface area contributed by atoms with Crippen LogP contribution in [0.3, 0.4) is 0 Å². The molecular formula is C15H23N2O. The molecule has 1 fully saturated rings. The van der Waals surface area contributed by atoms with Crippen LogP contribution in [0.1, 0.15) is 20.8 Å². The fourth-order valence-electron chi connectivity index (χ4n) is 2.27. The van der Waals surface area contributed by atoms with Gasteiger partial charge in [0.25, 0.3) is 0 Å². The largest absolute Gasteiger partial charge is 0.490 e. The van der Waals surface area contributed by atoms with Gasteiger partial charge in [-0.05, 0) is 32.5 Å². The van der Waals surface area contributed by atoms with Crippen molar-refractivity contribution in [2.75, 3.05) is 37.6 Å². The fraction of sp³-hybridized carbons (Fsp3) is 0.600. The maximum atomic E-state index is 5.70. The van der Waals surface area contributed by atoms with Gasteiger partial charge in [0.05, 0.1) is 6.10 Å². The first-order valence-corrected chi connectivity index (χ1v) is 6.84. The van der Waals surface area contributed by atoms with Crippen LogP contribution in [0.2, 0.25) is 0 Å². The Balaban J connectivity index is 2.00. The molecule has 0 spiro atoms. The average molecular weight is 247 g/mol. The van der Waals surface area contributed by atoms with Crippen molar-refractivity contribution < 1.29 is 4.74 Å². The van der Waals surface area contributed by atoms with Gasteiger partial charge in [0.2, 0.25) is 0 Å². The van der Waals surface area contributed by atoms with Gasteiger partial charge in [0.1, 0.15) is 5.75 Å². The van der Waals surface area contributed by atoms with Crippen LogP contribution >= 0.6 is 0 Å². The van der Waals surface area contributed by atoms with Gasteiger partial charge >= 0.3 is 0 Å². The zero-order valence-electron chi connectivity index (χ0n) is 11.6. The number of hydrogen-bond donors (Lipinski definition) is 0. The quantitative estimate of drug-likeness (QED) is 0.812. The Morgan fingerprint density at radius 3 is 2.61 bits per heavy atom. The summed E-state index contributed by atoms with van der Waals surface area (Å²) in [5, 5.41) is 0. The zero-order chi connectivity index (χ0) is 13.0. The smallest absolute Gasteiger partial charge is 0.129 e. The Kier molecular flexibility index (Phi) is 4.48. The van der Waals surface area contributed by atoms with Crippen molar-refractivity contribution >= 4 is 5.69 Å². The van der Waals surface area contributed by atoms with E-state index in [1.54, 1.807) is 0 Å². The highest BCUT2D eigenvalue weighted by Crippen LogP contribution is 2.22. The van der Waals surface area contributed by atoms with Gasteiger partial charge in [-0.1, -0.05) is 6.92 Å². The number of likely N-dealkylation sites (N-methyl/N-ethyl adjacent to an activating group) is 1. The SMILES string of the molecule is CCN1CCN(c2cc[c]c(OC(C)C)c2)CC1. The number of anilines is 1. The fourth-order valence-corrected chi connectivity index (χ4v) is 2.27. The molecule has 0 aliphatic carbocycles. The summed E-state index contributed by atoms with van der Waals surface area (Å²) < 4.78 is 5.70. The summed E-state index contributed by atoms with van der Waals surface area (Å²) >= 11 is 0. The molecule has 0 amide bonds. The molecule has 1 saturated heterocycles. The second kappa shape index (κ2) is 6.10. The lowest BCUT2D eigenvalue weighted by molar-refractivity contribution is 0.241. The predicted molar refractivity (Wildman–Crippen MR) is 75.4 cm³/mol. The number of nitrogens with zero attached hydrogens (tertiary/aromatic N) is 2. The van der Waals surface area contributed by atoms with Crippen LogP contribution in [-0.2, 0) is 0 Å². The van der Waals surface area contributed by atoms with E-state index in [0.717, 1.165) is 38.5 Å². The van der Waals surface area contributed by atoms with Crippen molar-refractivity contribution in [3.63, 3.8) is 0 Å². The molecule has 1 radical (unpaired) electrons. The Morgan fingerprint density at radius 1 is 1.28 bits per heavy atom. The second-order valence-electron chi connectivity index (χ2n) is 5.00. The van der Waals surface area contributed by atoms with Crippen LogP contribution in [0.5, 0.6) is 5.75 Å². The predicted octanol–water partition coefficient (Wildman–Crippen LogP) is 2.42. The van der Waals surface area contributed by atoms with Crippen LogP contribution < -0.4 is 9.64 Å². The molecule has 1 aliphatic heterocycles. The molecule has 0 aromatic heterocycles. The van der Waals surface area contributed by atoms with Crippen LogP contribution in [0, 0.1) is 6.07 Å². The molecule has 99 valence electrons. The molecule has 1 aromatic carbocycles. The highest BCUT2D eigenvalue weighted by Gasteiger charge is 2.16. The highest BCUT2D eigenvalue weighted by atomic mass is 16.5. The average Bonchev–Trinajstić information content (AvgIpc) is 2.38. The summed E-state index contributed by atoms with van der Waals surface area (Å²) in [5.41, 5.74) is 1.25. The number of hydrogen-bond acceptors (Lipinski definition) is 3. The van der Waals surface area contributed by atoms with Gasteiger partial charge in [0, 0.05) is 44.0 Å². The molecule has 3 heteroatoms. The number of benzene rings is 1. The normalized spacial score (nSPS) is 17.2. The van der Waals surface area contributed by atoms with E-state index in [-0.39, 0.29) is 6.10 Å². The van der Waals surface area contributed by atoms with E-state index < -0.39 is 0 Å². The van der Waals surface area contributed by atoms with Crippen molar-refractivity contribution in [3.8, 4) is 5.75 Å². The Labute approximate surface area is 110 Å². The first-order chi connectivity index (χ1) is 8.69. The van der Waals surface area contributed by atoms with Crippen molar-refractivity contribution in [2.45, 2.75) is 26.9 Å². The molecule has 0 saturated carbocycles. The van der Waals surface area contributed by atoms with E-state index >= 15 is 0 Å². The third kappa shape index (κ3) is 3.39. The minimum Gasteiger partial charge on any atom is -0.490 e. The van der Waals surface area contributed by atoms with Gasteiger partial charge in [-0.3, -0.25) is 0 Å². The van der Waals surface area contributed by atoms with E-state index in [9.17, 15) is 0 Å². The topological polar surface area (TPSA) is 15.7 Å². The minimum absolute atomic E-state index is 0.202. The summed E-state index contributed by atoms with van der Waals surface area (Å²) in [6.07, 6.45) is 0.202. The van der Waals surface area contributed by atoms with E-state index in [2.05, 4.69) is 34.9 Å². The molecule has 0 atom stereocenters. The maximum absolute atomic E-state index is 5.70. The van der Waals surface area contributed by atoms with Crippen LogP contribution in [0.4, 0.5) is 5.69 Å². The number of piperazine rings is 1. The summed E-state index contributed by atoms with van der Waals surface area (Å²) in [6, 6.07) is 9.32. The van der Waals surface area contributed by atoms with E-state index in [4.69, 9.17) is 4.74 Å². The van der Waals surface area contributed by atoms with Crippen molar-refractivity contribution in [1.82, 2.24) is 4.90 Å². The van der Waals surface area contributed by atoms with Gasteiger partial charge in [-0.15, -0.1) is 0 Å². The van der Waals surface area contributed by atoms with E-state index in [1.807, 2.05) is 19.9 Å². The first-order valence-electron chi connectivity index (χ1n) is 6.84. The Hall–Kier alpha value is -1.22. The standard InChI is InChI=1S/C15H23N2O/c1-4-16-8-10-17(11-9-16)14-6-5-7-15(12-14)18-13(2)3/h5-6,12-13H,4,8-11H2,1-3H3.